The standard InChI is InChI=1S/C14H27NO3/c1-4-14(6-9-18-10-7-14)11-15-8-5-13(2,3)12(16)17/h15H,4-11H2,1-3H3,(H,16,17). The van der Waals surface area contributed by atoms with E-state index in [0.29, 0.717) is 11.8 Å². The molecule has 0 aromatic carbocycles. The van der Waals surface area contributed by atoms with E-state index in [9.17, 15) is 4.79 Å². The number of carboxylic acid groups (broad SMARTS) is 1. The van der Waals surface area contributed by atoms with Gasteiger partial charge in [0.2, 0.25) is 0 Å². The minimum absolute atomic E-state index is 0.353. The quantitative estimate of drug-likeness (QED) is 0.687. The van der Waals surface area contributed by atoms with Crippen molar-refractivity contribution in [3.05, 3.63) is 0 Å². The van der Waals surface area contributed by atoms with Crippen molar-refractivity contribution in [1.82, 2.24) is 5.32 Å². The van der Waals surface area contributed by atoms with Crippen molar-refractivity contribution in [2.45, 2.75) is 46.5 Å². The molecule has 0 aromatic heterocycles. The highest BCUT2D eigenvalue weighted by Gasteiger charge is 2.31. The molecule has 106 valence electrons. The van der Waals surface area contributed by atoms with E-state index in [1.54, 1.807) is 13.8 Å². The summed E-state index contributed by atoms with van der Waals surface area (Å²) in [5, 5.41) is 12.5. The summed E-state index contributed by atoms with van der Waals surface area (Å²) >= 11 is 0. The molecule has 4 nitrogen and oxygen atoms in total. The molecule has 0 spiro atoms. The van der Waals surface area contributed by atoms with Crippen LogP contribution in [0.25, 0.3) is 0 Å². The molecule has 0 atom stereocenters. The molecule has 0 radical (unpaired) electrons. The molecule has 0 aliphatic carbocycles. The van der Waals surface area contributed by atoms with Crippen molar-refractivity contribution < 1.29 is 14.6 Å². The Kier molecular flexibility index (Phi) is 5.60. The van der Waals surface area contributed by atoms with Crippen molar-refractivity contribution >= 4 is 5.97 Å². The van der Waals surface area contributed by atoms with Gasteiger partial charge in [0.25, 0.3) is 0 Å². The van der Waals surface area contributed by atoms with Crippen LogP contribution in [0.5, 0.6) is 0 Å². The molecule has 1 rings (SSSR count). The average Bonchev–Trinajstić information content (AvgIpc) is 2.36. The number of aliphatic carboxylic acids is 1. The van der Waals surface area contributed by atoms with Gasteiger partial charge in [-0.15, -0.1) is 0 Å². The summed E-state index contributed by atoms with van der Waals surface area (Å²) < 4.78 is 5.41. The summed E-state index contributed by atoms with van der Waals surface area (Å²) in [5.74, 6) is -0.722. The van der Waals surface area contributed by atoms with Gasteiger partial charge in [-0.25, -0.2) is 0 Å². The van der Waals surface area contributed by atoms with E-state index in [1.807, 2.05) is 0 Å². The first-order chi connectivity index (χ1) is 8.42. The van der Waals surface area contributed by atoms with E-state index in [1.165, 1.54) is 0 Å². The number of ether oxygens (including phenoxy) is 1. The maximum Gasteiger partial charge on any atom is 0.309 e. The van der Waals surface area contributed by atoms with Gasteiger partial charge in [-0.05, 0) is 51.5 Å². The first-order valence-corrected chi connectivity index (χ1v) is 6.94. The second-order valence-corrected chi connectivity index (χ2v) is 6.08. The Morgan fingerprint density at radius 2 is 2.00 bits per heavy atom. The molecule has 0 saturated carbocycles. The maximum absolute atomic E-state index is 11.0. The van der Waals surface area contributed by atoms with Gasteiger partial charge >= 0.3 is 5.97 Å². The highest BCUT2D eigenvalue weighted by molar-refractivity contribution is 5.73. The molecule has 0 aromatic rings. The lowest BCUT2D eigenvalue weighted by Crippen LogP contribution is -2.40. The number of carbonyl (C=O) groups is 1. The van der Waals surface area contributed by atoms with Crippen molar-refractivity contribution in [3.8, 4) is 0 Å². The first kappa shape index (κ1) is 15.4. The highest BCUT2D eigenvalue weighted by Crippen LogP contribution is 2.33. The van der Waals surface area contributed by atoms with E-state index >= 15 is 0 Å². The molecule has 2 N–H and O–H groups in total. The van der Waals surface area contributed by atoms with Crippen LogP contribution < -0.4 is 5.32 Å². The van der Waals surface area contributed by atoms with Gasteiger partial charge in [-0.3, -0.25) is 4.79 Å². The normalized spacial score (nSPS) is 19.7. The molecular weight excluding hydrogens is 230 g/mol. The first-order valence-electron chi connectivity index (χ1n) is 6.94. The Bertz CT molecular complexity index is 270. The van der Waals surface area contributed by atoms with Crippen molar-refractivity contribution in [1.29, 1.82) is 0 Å². The predicted molar refractivity (Wildman–Crippen MR) is 71.7 cm³/mol. The van der Waals surface area contributed by atoms with E-state index in [2.05, 4.69) is 12.2 Å². The lowest BCUT2D eigenvalue weighted by molar-refractivity contribution is -0.147. The van der Waals surface area contributed by atoms with Crippen LogP contribution in [0.1, 0.15) is 46.5 Å². The summed E-state index contributed by atoms with van der Waals surface area (Å²) in [4.78, 5) is 11.0. The monoisotopic (exact) mass is 257 g/mol. The third-order valence-corrected chi connectivity index (χ3v) is 4.31. The van der Waals surface area contributed by atoms with Crippen LogP contribution in [-0.2, 0) is 9.53 Å². The van der Waals surface area contributed by atoms with Crippen LogP contribution in [-0.4, -0.2) is 37.4 Å². The molecule has 1 fully saturated rings. The summed E-state index contributed by atoms with van der Waals surface area (Å²) in [6, 6.07) is 0. The van der Waals surface area contributed by atoms with Gasteiger partial charge in [0, 0.05) is 19.8 Å². The average molecular weight is 257 g/mol. The fourth-order valence-electron chi connectivity index (χ4n) is 2.32. The fourth-order valence-corrected chi connectivity index (χ4v) is 2.32. The van der Waals surface area contributed by atoms with Gasteiger partial charge in [0.1, 0.15) is 0 Å². The van der Waals surface area contributed by atoms with Crippen LogP contribution in [0, 0.1) is 10.8 Å². The molecular formula is C14H27NO3. The van der Waals surface area contributed by atoms with Crippen LogP contribution in [0.2, 0.25) is 0 Å². The van der Waals surface area contributed by atoms with Crippen molar-refractivity contribution in [2.24, 2.45) is 10.8 Å². The Morgan fingerprint density at radius 3 is 2.50 bits per heavy atom. The molecule has 0 bridgehead atoms. The lowest BCUT2D eigenvalue weighted by atomic mass is 9.77. The topological polar surface area (TPSA) is 58.6 Å². The summed E-state index contributed by atoms with van der Waals surface area (Å²) in [6.07, 6.45) is 4.04. The van der Waals surface area contributed by atoms with Crippen molar-refractivity contribution in [3.63, 3.8) is 0 Å². The summed E-state index contributed by atoms with van der Waals surface area (Å²) in [7, 11) is 0. The van der Waals surface area contributed by atoms with Gasteiger partial charge in [0.15, 0.2) is 0 Å². The Morgan fingerprint density at radius 1 is 1.39 bits per heavy atom. The number of rotatable bonds is 7. The molecule has 18 heavy (non-hydrogen) atoms. The van der Waals surface area contributed by atoms with Crippen LogP contribution in [0.4, 0.5) is 0 Å². The Hall–Kier alpha value is -0.610. The molecule has 0 unspecified atom stereocenters. The Labute approximate surface area is 110 Å². The molecule has 1 aliphatic rings. The highest BCUT2D eigenvalue weighted by atomic mass is 16.5. The fraction of sp³-hybridized carbons (Fsp3) is 0.929. The minimum atomic E-state index is -0.722. The zero-order chi connectivity index (χ0) is 13.6. The Balaban J connectivity index is 2.30. The molecule has 1 saturated heterocycles. The maximum atomic E-state index is 11.0. The zero-order valence-electron chi connectivity index (χ0n) is 11.9. The largest absolute Gasteiger partial charge is 0.481 e. The van der Waals surface area contributed by atoms with Crippen LogP contribution >= 0.6 is 0 Å². The van der Waals surface area contributed by atoms with Crippen LogP contribution in [0.3, 0.4) is 0 Å². The molecule has 0 amide bonds. The van der Waals surface area contributed by atoms with E-state index in [0.717, 1.165) is 45.6 Å². The second-order valence-electron chi connectivity index (χ2n) is 6.08. The van der Waals surface area contributed by atoms with Crippen LogP contribution in [0.15, 0.2) is 0 Å². The number of hydrogen-bond acceptors (Lipinski definition) is 3. The third kappa shape index (κ3) is 4.25. The lowest BCUT2D eigenvalue weighted by Gasteiger charge is -2.37. The summed E-state index contributed by atoms with van der Waals surface area (Å²) in [6.45, 7) is 9.24. The van der Waals surface area contributed by atoms with Gasteiger partial charge in [-0.1, -0.05) is 6.92 Å². The molecule has 1 heterocycles. The molecule has 4 heteroatoms. The van der Waals surface area contributed by atoms with Gasteiger partial charge in [0.05, 0.1) is 5.41 Å². The minimum Gasteiger partial charge on any atom is -0.481 e. The molecule has 1 aliphatic heterocycles. The third-order valence-electron chi connectivity index (χ3n) is 4.31. The number of carboxylic acids is 1. The zero-order valence-corrected chi connectivity index (χ0v) is 11.9. The predicted octanol–water partition coefficient (Wildman–Crippen LogP) is 2.28. The summed E-state index contributed by atoms with van der Waals surface area (Å²) in [5.41, 5.74) is -0.284. The van der Waals surface area contributed by atoms with Gasteiger partial charge < -0.3 is 15.2 Å². The number of hydrogen-bond donors (Lipinski definition) is 2. The van der Waals surface area contributed by atoms with Gasteiger partial charge in [-0.2, -0.15) is 0 Å². The van der Waals surface area contributed by atoms with Crippen molar-refractivity contribution in [2.75, 3.05) is 26.3 Å². The second kappa shape index (κ2) is 6.53. The smallest absolute Gasteiger partial charge is 0.309 e. The number of nitrogens with one attached hydrogen (secondary N) is 1. The van der Waals surface area contributed by atoms with E-state index < -0.39 is 11.4 Å². The van der Waals surface area contributed by atoms with E-state index in [-0.39, 0.29) is 0 Å². The SMILES string of the molecule is CCC1(CNCCC(C)(C)C(=O)O)CCOCC1. The van der Waals surface area contributed by atoms with E-state index in [4.69, 9.17) is 9.84 Å².